The van der Waals surface area contributed by atoms with Crippen LogP contribution in [0.25, 0.3) is 12.2 Å². The van der Waals surface area contributed by atoms with Gasteiger partial charge in [-0.2, -0.15) is 0 Å². The van der Waals surface area contributed by atoms with Crippen molar-refractivity contribution in [2.45, 2.75) is 0 Å². The minimum atomic E-state index is 0.271. The average molecular weight is 440 g/mol. The van der Waals surface area contributed by atoms with Crippen LogP contribution in [0.15, 0.2) is 24.3 Å². The molecule has 1 heterocycles. The van der Waals surface area contributed by atoms with E-state index in [2.05, 4.69) is 22.6 Å². The summed E-state index contributed by atoms with van der Waals surface area (Å²) in [7, 11) is 4.82. The molecule has 0 radical (unpaired) electrons. The van der Waals surface area contributed by atoms with Crippen LogP contribution < -0.4 is 23.7 Å². The van der Waals surface area contributed by atoms with Gasteiger partial charge in [-0.15, -0.1) is 0 Å². The summed E-state index contributed by atoms with van der Waals surface area (Å²) in [6, 6.07) is 7.76. The van der Waals surface area contributed by atoms with E-state index >= 15 is 0 Å². The van der Waals surface area contributed by atoms with Gasteiger partial charge in [0.25, 0.3) is 0 Å². The van der Waals surface area contributed by atoms with E-state index in [0.29, 0.717) is 17.2 Å². The van der Waals surface area contributed by atoms with Crippen LogP contribution in [-0.2, 0) is 0 Å². The van der Waals surface area contributed by atoms with Crippen molar-refractivity contribution in [3.63, 3.8) is 0 Å². The lowest BCUT2D eigenvalue weighted by atomic mass is 10.1. The van der Waals surface area contributed by atoms with Crippen molar-refractivity contribution >= 4 is 34.7 Å². The quantitative estimate of drug-likeness (QED) is 0.515. The van der Waals surface area contributed by atoms with Gasteiger partial charge >= 0.3 is 0 Å². The molecule has 0 saturated carbocycles. The SMILES string of the molecule is COc1cc(/C=C\c2ccc3c(c2)OCO3)c(I)c(OC)c1OC. The lowest BCUT2D eigenvalue weighted by Crippen LogP contribution is -1.98. The van der Waals surface area contributed by atoms with Gasteiger partial charge in [-0.3, -0.25) is 0 Å². The second-order valence-electron chi connectivity index (χ2n) is 4.99. The fourth-order valence-corrected chi connectivity index (χ4v) is 3.26. The first kappa shape index (κ1) is 16.8. The maximum Gasteiger partial charge on any atom is 0.231 e. The Morgan fingerprint density at radius 3 is 2.38 bits per heavy atom. The van der Waals surface area contributed by atoms with Crippen molar-refractivity contribution in [1.29, 1.82) is 0 Å². The van der Waals surface area contributed by atoms with Crippen molar-refractivity contribution in [2.24, 2.45) is 0 Å². The van der Waals surface area contributed by atoms with Crippen molar-refractivity contribution < 1.29 is 23.7 Å². The molecule has 1 aliphatic heterocycles. The van der Waals surface area contributed by atoms with Crippen LogP contribution in [0.2, 0.25) is 0 Å². The van der Waals surface area contributed by atoms with E-state index in [-0.39, 0.29) is 6.79 Å². The van der Waals surface area contributed by atoms with Crippen LogP contribution in [-0.4, -0.2) is 28.1 Å². The Balaban J connectivity index is 1.97. The molecule has 3 rings (SSSR count). The van der Waals surface area contributed by atoms with Gasteiger partial charge in [0.05, 0.1) is 24.9 Å². The Morgan fingerprint density at radius 1 is 0.917 bits per heavy atom. The molecule has 6 heteroatoms. The lowest BCUT2D eigenvalue weighted by molar-refractivity contribution is 0.174. The van der Waals surface area contributed by atoms with E-state index in [0.717, 1.165) is 26.2 Å². The zero-order valence-electron chi connectivity index (χ0n) is 13.6. The topological polar surface area (TPSA) is 46.2 Å². The zero-order chi connectivity index (χ0) is 17.1. The highest BCUT2D eigenvalue weighted by molar-refractivity contribution is 14.1. The largest absolute Gasteiger partial charge is 0.493 e. The third kappa shape index (κ3) is 3.10. The zero-order valence-corrected chi connectivity index (χ0v) is 15.7. The fourth-order valence-electron chi connectivity index (χ4n) is 2.46. The molecule has 0 bridgehead atoms. The second kappa shape index (κ2) is 7.21. The normalized spacial score (nSPS) is 12.5. The molecule has 5 nitrogen and oxygen atoms in total. The van der Waals surface area contributed by atoms with Gasteiger partial charge in [-0.25, -0.2) is 0 Å². The molecule has 0 atom stereocenters. The summed E-state index contributed by atoms with van der Waals surface area (Å²) in [4.78, 5) is 0. The van der Waals surface area contributed by atoms with E-state index in [1.54, 1.807) is 21.3 Å². The minimum Gasteiger partial charge on any atom is -0.493 e. The first-order valence-corrected chi connectivity index (χ1v) is 8.32. The van der Waals surface area contributed by atoms with Crippen molar-refractivity contribution in [3.05, 3.63) is 39.0 Å². The van der Waals surface area contributed by atoms with Crippen LogP contribution in [0.3, 0.4) is 0 Å². The van der Waals surface area contributed by atoms with Crippen LogP contribution in [0.4, 0.5) is 0 Å². The molecule has 1 aliphatic rings. The summed E-state index contributed by atoms with van der Waals surface area (Å²) in [5, 5.41) is 0. The number of benzene rings is 2. The fraction of sp³-hybridized carbons (Fsp3) is 0.222. The molecule has 0 unspecified atom stereocenters. The Morgan fingerprint density at radius 2 is 1.67 bits per heavy atom. The standard InChI is InChI=1S/C18H17IO5/c1-20-15-9-12(16(19)18(22-3)17(15)21-2)6-4-11-5-7-13-14(8-11)24-10-23-13/h4-9H,10H2,1-3H3/b6-4-. The summed E-state index contributed by atoms with van der Waals surface area (Å²) in [5.41, 5.74) is 1.99. The molecule has 0 N–H and O–H groups in total. The summed E-state index contributed by atoms with van der Waals surface area (Å²) in [5.74, 6) is 3.40. The molecule has 126 valence electrons. The number of rotatable bonds is 5. The molecule has 24 heavy (non-hydrogen) atoms. The monoisotopic (exact) mass is 440 g/mol. The van der Waals surface area contributed by atoms with E-state index in [1.807, 2.05) is 36.4 Å². The Labute approximate surface area is 154 Å². The number of hydrogen-bond acceptors (Lipinski definition) is 5. The molecule has 0 aliphatic carbocycles. The molecular formula is C18H17IO5. The Kier molecular flexibility index (Phi) is 5.03. The highest BCUT2D eigenvalue weighted by atomic mass is 127. The maximum atomic E-state index is 5.48. The number of hydrogen-bond donors (Lipinski definition) is 0. The lowest BCUT2D eigenvalue weighted by Gasteiger charge is -2.15. The summed E-state index contributed by atoms with van der Waals surface area (Å²) in [6.07, 6.45) is 4.01. The Bertz CT molecular complexity index is 785. The van der Waals surface area contributed by atoms with Crippen LogP contribution in [0.5, 0.6) is 28.7 Å². The summed E-state index contributed by atoms with van der Waals surface area (Å²) < 4.78 is 28.0. The molecule has 0 amide bonds. The molecule has 0 fully saturated rings. The van der Waals surface area contributed by atoms with Crippen LogP contribution >= 0.6 is 22.6 Å². The summed E-state index contributed by atoms with van der Waals surface area (Å²) >= 11 is 2.24. The van der Waals surface area contributed by atoms with Gasteiger partial charge in [0, 0.05) is 0 Å². The number of halogens is 1. The first-order valence-electron chi connectivity index (χ1n) is 7.24. The van der Waals surface area contributed by atoms with Gasteiger partial charge < -0.3 is 23.7 Å². The highest BCUT2D eigenvalue weighted by Gasteiger charge is 2.18. The van der Waals surface area contributed by atoms with Gasteiger partial charge in [-0.05, 0) is 51.9 Å². The van der Waals surface area contributed by atoms with Crippen LogP contribution in [0, 0.1) is 3.57 Å². The Hall–Kier alpha value is -2.09. The minimum absolute atomic E-state index is 0.271. The predicted molar refractivity (Wildman–Crippen MR) is 100 cm³/mol. The number of ether oxygens (including phenoxy) is 5. The van der Waals surface area contributed by atoms with E-state index in [1.165, 1.54) is 0 Å². The van der Waals surface area contributed by atoms with Crippen LogP contribution in [0.1, 0.15) is 11.1 Å². The van der Waals surface area contributed by atoms with Crippen molar-refractivity contribution in [1.82, 2.24) is 0 Å². The van der Waals surface area contributed by atoms with E-state index in [4.69, 9.17) is 23.7 Å². The molecule has 0 aromatic heterocycles. The van der Waals surface area contributed by atoms with Gasteiger partial charge in [0.2, 0.25) is 12.5 Å². The van der Waals surface area contributed by atoms with Crippen molar-refractivity contribution in [2.75, 3.05) is 28.1 Å². The number of methoxy groups -OCH3 is 3. The van der Waals surface area contributed by atoms with Gasteiger partial charge in [-0.1, -0.05) is 18.2 Å². The average Bonchev–Trinajstić information content (AvgIpc) is 3.07. The molecule has 2 aromatic rings. The summed E-state index contributed by atoms with van der Waals surface area (Å²) in [6.45, 7) is 0.271. The molecule has 2 aromatic carbocycles. The van der Waals surface area contributed by atoms with Gasteiger partial charge in [0.1, 0.15) is 0 Å². The molecule has 0 saturated heterocycles. The number of fused-ring (bicyclic) bond motifs is 1. The predicted octanol–water partition coefficient (Wildman–Crippen LogP) is 4.22. The van der Waals surface area contributed by atoms with E-state index in [9.17, 15) is 0 Å². The maximum absolute atomic E-state index is 5.48. The third-order valence-corrected chi connectivity index (χ3v) is 4.76. The third-order valence-electron chi connectivity index (χ3n) is 3.65. The molecular weight excluding hydrogens is 423 g/mol. The smallest absolute Gasteiger partial charge is 0.231 e. The highest BCUT2D eigenvalue weighted by Crippen LogP contribution is 2.43. The van der Waals surface area contributed by atoms with E-state index < -0.39 is 0 Å². The first-order chi connectivity index (χ1) is 11.7. The van der Waals surface area contributed by atoms with Gasteiger partial charge in [0.15, 0.2) is 23.0 Å². The molecule has 0 spiro atoms. The van der Waals surface area contributed by atoms with Crippen molar-refractivity contribution in [3.8, 4) is 28.7 Å². The second-order valence-corrected chi connectivity index (χ2v) is 6.07.